The Morgan fingerprint density at radius 3 is 2.63 bits per heavy atom. The highest BCUT2D eigenvalue weighted by molar-refractivity contribution is 8.00. The molecule has 52 heavy (non-hydrogen) atoms. The van der Waals surface area contributed by atoms with Crippen LogP contribution in [0.15, 0.2) is 65.3 Å². The van der Waals surface area contributed by atoms with Gasteiger partial charge in [-0.15, -0.1) is 11.8 Å². The van der Waals surface area contributed by atoms with Gasteiger partial charge in [0.05, 0.1) is 28.7 Å². The number of nitrogen functional groups attached to an aromatic ring is 2. The third kappa shape index (κ3) is 6.96. The molecule has 2 aliphatic heterocycles. The number of nitrogens with two attached hydrogens (primary N) is 2. The van der Waals surface area contributed by atoms with E-state index in [2.05, 4.69) is 10.1 Å². The van der Waals surface area contributed by atoms with Crippen molar-refractivity contribution in [3.63, 3.8) is 0 Å². The zero-order chi connectivity index (χ0) is 37.6. The number of Topliss-reactive ketones (excluding diaryl/α,β-unsaturated/α-hetero) is 1. The summed E-state index contributed by atoms with van der Waals surface area (Å²) in [5, 5.41) is 31.1. The van der Waals surface area contributed by atoms with E-state index in [0.29, 0.717) is 16.7 Å². The summed E-state index contributed by atoms with van der Waals surface area (Å²) in [6.07, 6.45) is 5.01. The Bertz CT molecular complexity index is 2250. The van der Waals surface area contributed by atoms with Crippen LogP contribution in [-0.2, 0) is 37.1 Å². The number of rotatable bonds is 13. The number of carboxylic acids is 2. The number of hydrogen-bond acceptors (Lipinski definition) is 11. The van der Waals surface area contributed by atoms with E-state index in [1.54, 1.807) is 22.9 Å². The van der Waals surface area contributed by atoms with Crippen molar-refractivity contribution in [1.82, 2.24) is 14.5 Å². The van der Waals surface area contributed by atoms with Crippen LogP contribution in [0, 0.1) is 17.1 Å². The number of carbonyl (C=O) groups is 4. The predicted octanol–water partition coefficient (Wildman–Crippen LogP) is 3.21. The Balaban J connectivity index is 1.19. The quantitative estimate of drug-likeness (QED) is 0.0436. The summed E-state index contributed by atoms with van der Waals surface area (Å²) in [4.78, 5) is 61.5. The number of ketones is 1. The fourth-order valence-electron chi connectivity index (χ4n) is 5.80. The van der Waals surface area contributed by atoms with Crippen molar-refractivity contribution >= 4 is 85.9 Å². The summed E-state index contributed by atoms with van der Waals surface area (Å²) in [7, 11) is 0. The van der Waals surface area contributed by atoms with Gasteiger partial charge in [0.2, 0.25) is 11.5 Å². The molecule has 1 amide bonds. The van der Waals surface area contributed by atoms with Crippen LogP contribution in [0.3, 0.4) is 0 Å². The number of pyridine rings is 1. The first-order valence-electron chi connectivity index (χ1n) is 15.5. The number of nitrogens with one attached hydrogen (secondary N) is 1. The van der Waals surface area contributed by atoms with Crippen molar-refractivity contribution in [2.24, 2.45) is 16.8 Å². The van der Waals surface area contributed by atoms with E-state index in [4.69, 9.17) is 33.3 Å². The summed E-state index contributed by atoms with van der Waals surface area (Å²) in [5.74, 6) is -5.28. The van der Waals surface area contributed by atoms with Crippen LogP contribution in [-0.4, -0.2) is 76.6 Å². The van der Waals surface area contributed by atoms with Crippen molar-refractivity contribution in [2.45, 2.75) is 44.3 Å². The summed E-state index contributed by atoms with van der Waals surface area (Å²) < 4.78 is 18.4. The number of amides is 1. The Morgan fingerprint density at radius 1 is 1.25 bits per heavy atom. The molecule has 0 bridgehead atoms. The van der Waals surface area contributed by atoms with Crippen molar-refractivity contribution < 1.29 is 43.2 Å². The molecule has 0 radical (unpaired) electrons. The van der Waals surface area contributed by atoms with E-state index >= 15 is 0 Å². The van der Waals surface area contributed by atoms with Crippen LogP contribution in [0.2, 0.25) is 4.34 Å². The number of halogens is 2. The fourth-order valence-corrected chi connectivity index (χ4v) is 8.13. The molecule has 0 spiro atoms. The topological polar surface area (TPSA) is 231 Å². The number of amidine groups is 1. The van der Waals surface area contributed by atoms with Gasteiger partial charge < -0.3 is 31.1 Å². The second kappa shape index (κ2) is 14.0. The second-order valence-electron chi connectivity index (χ2n) is 12.5. The van der Waals surface area contributed by atoms with Crippen LogP contribution in [0.25, 0.3) is 10.9 Å². The van der Waals surface area contributed by atoms with E-state index < -0.39 is 58.5 Å². The molecule has 270 valence electrons. The van der Waals surface area contributed by atoms with Crippen LogP contribution in [0.1, 0.15) is 37.1 Å². The van der Waals surface area contributed by atoms with Crippen molar-refractivity contribution in [3.05, 3.63) is 87.2 Å². The molecule has 0 unspecified atom stereocenters. The maximum atomic E-state index is 14.7. The number of nitrogens with zero attached hydrogens (tertiary/aromatic N) is 5. The molecule has 4 aromatic rings. The summed E-state index contributed by atoms with van der Waals surface area (Å²) >= 11 is 8.42. The lowest BCUT2D eigenvalue weighted by Gasteiger charge is -2.49. The molecule has 1 fully saturated rings. The van der Waals surface area contributed by atoms with Gasteiger partial charge in [-0.25, -0.2) is 23.5 Å². The number of thiazole rings is 1. The minimum absolute atomic E-state index is 0.0114. The molecule has 1 saturated heterocycles. The van der Waals surface area contributed by atoms with E-state index in [-0.39, 0.29) is 45.5 Å². The largest absolute Gasteiger partial charge is 0.478 e. The zero-order valence-electron chi connectivity index (χ0n) is 27.5. The molecule has 0 saturated carbocycles. The first-order chi connectivity index (χ1) is 24.5. The number of hydrogen-bond donors (Lipinski definition) is 5. The van der Waals surface area contributed by atoms with Gasteiger partial charge in [-0.3, -0.25) is 19.9 Å². The molecule has 19 heteroatoms. The number of aliphatic carboxylic acids is 2. The van der Waals surface area contributed by atoms with E-state index in [9.17, 15) is 33.8 Å². The summed E-state index contributed by atoms with van der Waals surface area (Å²) in [6.45, 7) is 2.86. The molecular formula is C33H31ClFN8O7S2+. The highest BCUT2D eigenvalue weighted by Gasteiger charge is 2.54. The van der Waals surface area contributed by atoms with Gasteiger partial charge in [-0.05, 0) is 26.0 Å². The molecule has 1 aromatic carbocycles. The molecule has 2 atom stereocenters. The van der Waals surface area contributed by atoms with E-state index in [1.165, 1.54) is 36.6 Å². The zero-order valence-corrected chi connectivity index (χ0v) is 29.9. The maximum absolute atomic E-state index is 14.7. The minimum atomic E-state index is -1.81. The van der Waals surface area contributed by atoms with Crippen LogP contribution in [0.4, 0.5) is 9.52 Å². The van der Waals surface area contributed by atoms with Gasteiger partial charge in [0.15, 0.2) is 35.6 Å². The number of oxime groups is 1. The molecule has 0 aliphatic carbocycles. The van der Waals surface area contributed by atoms with Crippen molar-refractivity contribution in [2.75, 3.05) is 11.5 Å². The average molecular weight is 770 g/mol. The lowest BCUT2D eigenvalue weighted by Crippen LogP contribution is -2.62. The highest BCUT2D eigenvalue weighted by atomic mass is 35.5. The van der Waals surface area contributed by atoms with Gasteiger partial charge in [0, 0.05) is 41.1 Å². The molecular weight excluding hydrogens is 739 g/mol. The third-order valence-corrected chi connectivity index (χ3v) is 11.1. The second-order valence-corrected chi connectivity index (χ2v) is 15.3. The first kappa shape index (κ1) is 36.5. The molecule has 5 heterocycles. The minimum Gasteiger partial charge on any atom is -0.478 e. The van der Waals surface area contributed by atoms with Gasteiger partial charge in [0.1, 0.15) is 27.4 Å². The Morgan fingerprint density at radius 2 is 2.00 bits per heavy atom. The lowest BCUT2D eigenvalue weighted by molar-refractivity contribution is -0.687. The Hall–Kier alpha value is -5.33. The van der Waals surface area contributed by atoms with Crippen LogP contribution >= 0.6 is 34.7 Å². The molecule has 7 N–H and O–H groups in total. The normalized spacial score (nSPS) is 17.6. The third-order valence-electron chi connectivity index (χ3n) is 8.58. The number of fused-ring (bicyclic) bond motifs is 2. The van der Waals surface area contributed by atoms with Gasteiger partial charge >= 0.3 is 11.9 Å². The average Bonchev–Trinajstić information content (AvgIpc) is 3.64. The number of anilines is 1. The number of β-lactam (4-membered cyclic amide) rings is 1. The summed E-state index contributed by atoms with van der Waals surface area (Å²) in [5.41, 5.74) is 10.7. The molecule has 15 nitrogen and oxygen atoms in total. The standard InChI is InChI=1S/C33H30ClFN8O7S2/c1-33(2,31(48)49)50-40-23(24-26(34)52-32(38)39-24)22(44)10-19-28(45)43-25(30(46)47)18(14-51-29(19)43)12-41-7-6-21-17(11-41)5-8-42(21)13-16-4-3-15(27(36)37)9-20(16)35/h3-9,11,19,29H,10,12-14H2,1-2H3,(H6-,36,37,38,39,46,47,48,49)/p+1/b40-23+/t19-,29-/m1/s1. The maximum Gasteiger partial charge on any atom is 0.352 e. The molecule has 6 rings (SSSR count). The van der Waals surface area contributed by atoms with Gasteiger partial charge in [0.25, 0.3) is 0 Å². The Kier molecular flexibility index (Phi) is 9.82. The predicted molar refractivity (Wildman–Crippen MR) is 190 cm³/mol. The lowest BCUT2D eigenvalue weighted by atomic mass is 9.89. The van der Waals surface area contributed by atoms with Gasteiger partial charge in [-0.1, -0.05) is 40.2 Å². The van der Waals surface area contributed by atoms with Crippen molar-refractivity contribution in [3.8, 4) is 0 Å². The van der Waals surface area contributed by atoms with Crippen molar-refractivity contribution in [1.29, 1.82) is 5.41 Å². The van der Waals surface area contributed by atoms with Gasteiger partial charge in [-0.2, -0.15) is 0 Å². The monoisotopic (exact) mass is 769 g/mol. The molecule has 3 aromatic heterocycles. The van der Waals surface area contributed by atoms with Crippen LogP contribution in [0.5, 0.6) is 0 Å². The van der Waals surface area contributed by atoms with E-state index in [1.807, 2.05) is 29.1 Å². The van der Waals surface area contributed by atoms with Crippen LogP contribution < -0.4 is 16.0 Å². The number of carbonyl (C=O) groups excluding carboxylic acids is 2. The fraction of sp³-hybridized carbons (Fsp3) is 0.273. The van der Waals surface area contributed by atoms with E-state index in [0.717, 1.165) is 22.2 Å². The number of aromatic nitrogens is 3. The highest BCUT2D eigenvalue weighted by Crippen LogP contribution is 2.45. The molecule has 2 aliphatic rings. The summed E-state index contributed by atoms with van der Waals surface area (Å²) in [6, 6.07) is 8.08. The first-order valence-corrected chi connectivity index (χ1v) is 17.8. The smallest absolute Gasteiger partial charge is 0.352 e. The number of carboxylic acid groups (broad SMARTS) is 2. The Labute approximate surface area is 307 Å². The number of benzene rings is 1. The number of thioether (sulfide) groups is 1. The SMILES string of the molecule is CC(C)(O/N=C(\C(=O)C[C@@H]1C(=O)N2C(C(=O)O)=C(C[n+]3ccc4c(ccn4Cc4ccc(C(=N)N)cc4F)c3)CS[C@H]12)c1nc(N)sc1Cl)C(=O)O.